The highest BCUT2D eigenvalue weighted by Crippen LogP contribution is 2.49. The number of nitrogens with one attached hydrogen (secondary N) is 1. The molecule has 1 N–H and O–H groups in total. The summed E-state index contributed by atoms with van der Waals surface area (Å²) >= 11 is 0. The van der Waals surface area contributed by atoms with E-state index < -0.39 is 0 Å². The van der Waals surface area contributed by atoms with E-state index in [0.29, 0.717) is 11.5 Å². The van der Waals surface area contributed by atoms with Crippen molar-refractivity contribution in [2.24, 2.45) is 17.8 Å². The van der Waals surface area contributed by atoms with Crippen molar-refractivity contribution in [3.05, 3.63) is 29.8 Å². The zero-order valence-electron chi connectivity index (χ0n) is 12.3. The third-order valence-electron chi connectivity index (χ3n) is 5.15. The Morgan fingerprint density at radius 2 is 2.00 bits per heavy atom. The summed E-state index contributed by atoms with van der Waals surface area (Å²) in [5, 5.41) is 3.18. The maximum absolute atomic E-state index is 12.3. The van der Waals surface area contributed by atoms with E-state index in [0.717, 1.165) is 17.6 Å². The monoisotopic (exact) mass is 273 g/mol. The second-order valence-corrected chi connectivity index (χ2v) is 6.33. The molecule has 0 aliphatic heterocycles. The molecule has 2 fully saturated rings. The van der Waals surface area contributed by atoms with Crippen LogP contribution in [0.15, 0.2) is 24.3 Å². The van der Waals surface area contributed by atoms with Crippen LogP contribution < -0.4 is 10.1 Å². The van der Waals surface area contributed by atoms with Gasteiger partial charge in [0.1, 0.15) is 5.75 Å². The molecule has 0 unspecified atom stereocenters. The summed E-state index contributed by atoms with van der Waals surface area (Å²) in [7, 11) is 1.63. The molecule has 1 aromatic carbocycles. The summed E-state index contributed by atoms with van der Waals surface area (Å²) in [6.07, 6.45) is 5.44. The van der Waals surface area contributed by atoms with Crippen molar-refractivity contribution in [1.82, 2.24) is 5.32 Å². The van der Waals surface area contributed by atoms with E-state index >= 15 is 0 Å². The SMILES string of the molecule is COc1ccc(C(=O)N[C@H](C)[C@@H]2C[C@H]3CC[C@H]2C3)cc1. The Morgan fingerprint density at radius 1 is 1.25 bits per heavy atom. The van der Waals surface area contributed by atoms with Crippen LogP contribution in [0.5, 0.6) is 5.75 Å². The fourth-order valence-corrected chi connectivity index (χ4v) is 4.05. The first-order valence-electron chi connectivity index (χ1n) is 7.62. The van der Waals surface area contributed by atoms with Crippen molar-refractivity contribution in [2.45, 2.75) is 38.6 Å². The molecule has 0 spiro atoms. The third kappa shape index (κ3) is 2.54. The lowest BCUT2D eigenvalue weighted by molar-refractivity contribution is 0.0915. The minimum Gasteiger partial charge on any atom is -0.497 e. The Kier molecular flexibility index (Phi) is 3.68. The average Bonchev–Trinajstić information content (AvgIpc) is 3.10. The molecule has 0 heterocycles. The first kappa shape index (κ1) is 13.5. The first-order chi connectivity index (χ1) is 9.67. The number of benzene rings is 1. The summed E-state index contributed by atoms with van der Waals surface area (Å²) < 4.78 is 5.11. The Balaban J connectivity index is 1.60. The fraction of sp³-hybridized carbons (Fsp3) is 0.588. The van der Waals surface area contributed by atoms with Crippen LogP contribution in [-0.4, -0.2) is 19.1 Å². The predicted octanol–water partition coefficient (Wildman–Crippen LogP) is 3.25. The van der Waals surface area contributed by atoms with Crippen LogP contribution in [-0.2, 0) is 0 Å². The van der Waals surface area contributed by atoms with Crippen LogP contribution in [0, 0.1) is 17.8 Å². The molecule has 0 aromatic heterocycles. The lowest BCUT2D eigenvalue weighted by atomic mass is 9.84. The smallest absolute Gasteiger partial charge is 0.251 e. The summed E-state index contributed by atoms with van der Waals surface area (Å²) in [6, 6.07) is 7.58. The molecule has 2 aliphatic rings. The quantitative estimate of drug-likeness (QED) is 0.914. The highest BCUT2D eigenvalue weighted by molar-refractivity contribution is 5.94. The van der Waals surface area contributed by atoms with E-state index in [4.69, 9.17) is 4.74 Å². The maximum Gasteiger partial charge on any atom is 0.251 e. The molecule has 20 heavy (non-hydrogen) atoms. The largest absolute Gasteiger partial charge is 0.497 e. The molecule has 3 heteroatoms. The zero-order chi connectivity index (χ0) is 14.1. The Hall–Kier alpha value is -1.51. The average molecular weight is 273 g/mol. The van der Waals surface area contributed by atoms with Crippen molar-refractivity contribution in [3.8, 4) is 5.75 Å². The number of ether oxygens (including phenoxy) is 1. The van der Waals surface area contributed by atoms with Gasteiger partial charge in [-0.25, -0.2) is 0 Å². The lowest BCUT2D eigenvalue weighted by Crippen LogP contribution is -2.40. The van der Waals surface area contributed by atoms with Gasteiger partial charge in [-0.15, -0.1) is 0 Å². The van der Waals surface area contributed by atoms with Gasteiger partial charge in [-0.3, -0.25) is 4.79 Å². The van der Waals surface area contributed by atoms with Gasteiger partial charge >= 0.3 is 0 Å². The first-order valence-corrected chi connectivity index (χ1v) is 7.62. The molecule has 2 aliphatic carbocycles. The van der Waals surface area contributed by atoms with Crippen molar-refractivity contribution >= 4 is 5.91 Å². The number of hydrogen-bond acceptors (Lipinski definition) is 2. The van der Waals surface area contributed by atoms with E-state index in [1.54, 1.807) is 7.11 Å². The van der Waals surface area contributed by atoms with Crippen LogP contribution in [0.25, 0.3) is 0 Å². The Labute approximate surface area is 120 Å². The number of rotatable bonds is 4. The van der Waals surface area contributed by atoms with Crippen molar-refractivity contribution in [2.75, 3.05) is 7.11 Å². The van der Waals surface area contributed by atoms with Gasteiger partial charge in [0.2, 0.25) is 0 Å². The molecule has 108 valence electrons. The highest BCUT2D eigenvalue weighted by Gasteiger charge is 2.42. The van der Waals surface area contributed by atoms with E-state index in [1.807, 2.05) is 24.3 Å². The van der Waals surface area contributed by atoms with Crippen LogP contribution >= 0.6 is 0 Å². The molecule has 1 amide bonds. The van der Waals surface area contributed by atoms with Crippen LogP contribution in [0.4, 0.5) is 0 Å². The van der Waals surface area contributed by atoms with Gasteiger partial charge < -0.3 is 10.1 Å². The van der Waals surface area contributed by atoms with Gasteiger partial charge in [0.05, 0.1) is 7.11 Å². The molecule has 0 radical (unpaired) electrons. The summed E-state index contributed by atoms with van der Waals surface area (Å²) in [5.41, 5.74) is 0.709. The summed E-state index contributed by atoms with van der Waals surface area (Å²) in [6.45, 7) is 2.16. The van der Waals surface area contributed by atoms with E-state index in [2.05, 4.69) is 12.2 Å². The van der Waals surface area contributed by atoms with Gasteiger partial charge in [0, 0.05) is 11.6 Å². The maximum atomic E-state index is 12.3. The van der Waals surface area contributed by atoms with Gasteiger partial charge in [-0.05, 0) is 68.2 Å². The molecule has 2 bridgehead atoms. The molecule has 4 atom stereocenters. The van der Waals surface area contributed by atoms with Crippen LogP contribution in [0.1, 0.15) is 43.0 Å². The Bertz CT molecular complexity index is 482. The van der Waals surface area contributed by atoms with E-state index in [1.165, 1.54) is 25.7 Å². The summed E-state index contributed by atoms with van der Waals surface area (Å²) in [5.74, 6) is 3.25. The molecular formula is C17H23NO2. The normalized spacial score (nSPS) is 29.2. The van der Waals surface area contributed by atoms with E-state index in [9.17, 15) is 4.79 Å². The standard InChI is InChI=1S/C17H23NO2/c1-11(16-10-12-3-4-14(16)9-12)18-17(19)13-5-7-15(20-2)8-6-13/h5-8,11-12,14,16H,3-4,9-10H2,1-2H3,(H,18,19)/t11-,12+,14+,16+/m1/s1. The molecule has 1 aromatic rings. The minimum absolute atomic E-state index is 0.0305. The molecule has 3 rings (SSSR count). The third-order valence-corrected chi connectivity index (χ3v) is 5.15. The molecular weight excluding hydrogens is 250 g/mol. The predicted molar refractivity (Wildman–Crippen MR) is 78.9 cm³/mol. The van der Waals surface area contributed by atoms with Gasteiger partial charge in [0.25, 0.3) is 5.91 Å². The van der Waals surface area contributed by atoms with Crippen molar-refractivity contribution in [3.63, 3.8) is 0 Å². The number of carbonyl (C=O) groups excluding carboxylic acids is 1. The van der Waals surface area contributed by atoms with Crippen LogP contribution in [0.3, 0.4) is 0 Å². The minimum atomic E-state index is 0.0305. The van der Waals surface area contributed by atoms with Crippen LogP contribution in [0.2, 0.25) is 0 Å². The second-order valence-electron chi connectivity index (χ2n) is 6.33. The summed E-state index contributed by atoms with van der Waals surface area (Å²) in [4.78, 5) is 12.3. The molecule has 3 nitrogen and oxygen atoms in total. The second kappa shape index (κ2) is 5.47. The lowest BCUT2D eigenvalue weighted by Gasteiger charge is -2.28. The Morgan fingerprint density at radius 3 is 2.55 bits per heavy atom. The van der Waals surface area contributed by atoms with E-state index in [-0.39, 0.29) is 11.9 Å². The number of fused-ring (bicyclic) bond motifs is 2. The number of carbonyl (C=O) groups is 1. The van der Waals surface area contributed by atoms with Gasteiger partial charge in [0.15, 0.2) is 0 Å². The topological polar surface area (TPSA) is 38.3 Å². The molecule has 2 saturated carbocycles. The zero-order valence-corrected chi connectivity index (χ0v) is 12.3. The molecule has 0 saturated heterocycles. The number of hydrogen-bond donors (Lipinski definition) is 1. The number of amides is 1. The fourth-order valence-electron chi connectivity index (χ4n) is 4.05. The highest BCUT2D eigenvalue weighted by atomic mass is 16.5. The number of methoxy groups -OCH3 is 1. The van der Waals surface area contributed by atoms with Gasteiger partial charge in [-0.1, -0.05) is 6.42 Å². The van der Waals surface area contributed by atoms with Gasteiger partial charge in [-0.2, -0.15) is 0 Å². The van der Waals surface area contributed by atoms with Crippen molar-refractivity contribution < 1.29 is 9.53 Å². The van der Waals surface area contributed by atoms with Crippen molar-refractivity contribution in [1.29, 1.82) is 0 Å².